The predicted octanol–water partition coefficient (Wildman–Crippen LogP) is 2.88. The van der Waals surface area contributed by atoms with Gasteiger partial charge < -0.3 is 9.47 Å². The van der Waals surface area contributed by atoms with Crippen LogP contribution in [-0.2, 0) is 4.74 Å². The Bertz CT molecular complexity index is 302. The number of hydrogen-bond acceptors (Lipinski definition) is 2. The zero-order valence-electron chi connectivity index (χ0n) is 7.43. The van der Waals surface area contributed by atoms with E-state index in [0.717, 1.165) is 5.56 Å². The number of rotatable bonds is 3. The minimum Gasteiger partial charge on any atom is -0.463 e. The lowest BCUT2D eigenvalue weighted by Crippen LogP contribution is -2.02. The maximum atomic E-state index is 13.1. The number of aryl methyl sites for hydroxylation is 1. The third kappa shape index (κ3) is 2.42. The SMILES string of the molecule is COCOc1c(F)ccc(C)c1Br. The molecule has 0 fully saturated rings. The molecule has 0 radical (unpaired) electrons. The lowest BCUT2D eigenvalue weighted by molar-refractivity contribution is 0.0476. The van der Waals surface area contributed by atoms with E-state index in [1.54, 1.807) is 6.07 Å². The molecule has 0 amide bonds. The fourth-order valence-electron chi connectivity index (χ4n) is 0.881. The van der Waals surface area contributed by atoms with Gasteiger partial charge in [-0.15, -0.1) is 0 Å². The molecule has 0 aromatic heterocycles. The second-order valence-electron chi connectivity index (χ2n) is 2.56. The van der Waals surface area contributed by atoms with Crippen molar-refractivity contribution in [2.75, 3.05) is 13.9 Å². The van der Waals surface area contributed by atoms with Crippen LogP contribution in [0.4, 0.5) is 4.39 Å². The normalized spacial score (nSPS) is 10.2. The Kier molecular flexibility index (Phi) is 3.69. The molecule has 72 valence electrons. The largest absolute Gasteiger partial charge is 0.463 e. The van der Waals surface area contributed by atoms with Crippen molar-refractivity contribution in [2.24, 2.45) is 0 Å². The average molecular weight is 249 g/mol. The molecule has 0 saturated carbocycles. The third-order valence-electron chi connectivity index (χ3n) is 1.56. The summed E-state index contributed by atoms with van der Waals surface area (Å²) in [6.07, 6.45) is 0. The molecule has 13 heavy (non-hydrogen) atoms. The fraction of sp³-hybridized carbons (Fsp3) is 0.333. The van der Waals surface area contributed by atoms with Crippen molar-refractivity contribution in [3.05, 3.63) is 28.0 Å². The summed E-state index contributed by atoms with van der Waals surface area (Å²) in [5.74, 6) is -0.198. The lowest BCUT2D eigenvalue weighted by Gasteiger charge is -2.09. The van der Waals surface area contributed by atoms with Gasteiger partial charge in [0.1, 0.15) is 0 Å². The van der Waals surface area contributed by atoms with Gasteiger partial charge in [-0.1, -0.05) is 6.07 Å². The van der Waals surface area contributed by atoms with Gasteiger partial charge in [0.05, 0.1) is 4.47 Å². The molecule has 1 aromatic rings. The van der Waals surface area contributed by atoms with Crippen LogP contribution < -0.4 is 4.74 Å². The van der Waals surface area contributed by atoms with Gasteiger partial charge >= 0.3 is 0 Å². The van der Waals surface area contributed by atoms with Gasteiger partial charge in [0, 0.05) is 7.11 Å². The highest BCUT2D eigenvalue weighted by Crippen LogP contribution is 2.30. The number of ether oxygens (including phenoxy) is 2. The first kappa shape index (κ1) is 10.5. The predicted molar refractivity (Wildman–Crippen MR) is 51.3 cm³/mol. The van der Waals surface area contributed by atoms with Crippen molar-refractivity contribution < 1.29 is 13.9 Å². The Balaban J connectivity index is 2.96. The Morgan fingerprint density at radius 3 is 2.77 bits per heavy atom. The van der Waals surface area contributed by atoms with E-state index in [1.807, 2.05) is 6.92 Å². The van der Waals surface area contributed by atoms with Gasteiger partial charge in [-0.25, -0.2) is 4.39 Å². The first-order chi connectivity index (χ1) is 6.16. The van der Waals surface area contributed by atoms with Crippen LogP contribution in [0.15, 0.2) is 16.6 Å². The summed E-state index contributed by atoms with van der Waals surface area (Å²) >= 11 is 3.24. The number of hydrogen-bond donors (Lipinski definition) is 0. The van der Waals surface area contributed by atoms with Gasteiger partial charge in [-0.3, -0.25) is 0 Å². The van der Waals surface area contributed by atoms with E-state index < -0.39 is 5.82 Å². The van der Waals surface area contributed by atoms with Crippen LogP contribution in [0.25, 0.3) is 0 Å². The van der Waals surface area contributed by atoms with Crippen LogP contribution >= 0.6 is 15.9 Å². The molecule has 2 nitrogen and oxygen atoms in total. The van der Waals surface area contributed by atoms with Crippen LogP contribution in [0.1, 0.15) is 5.56 Å². The highest BCUT2D eigenvalue weighted by Gasteiger charge is 2.09. The van der Waals surface area contributed by atoms with E-state index >= 15 is 0 Å². The summed E-state index contributed by atoms with van der Waals surface area (Å²) in [6, 6.07) is 3.05. The molecule has 0 bridgehead atoms. The Hall–Kier alpha value is -0.610. The summed E-state index contributed by atoms with van der Waals surface area (Å²) in [5.41, 5.74) is 0.924. The molecule has 0 aliphatic heterocycles. The minimum absolute atomic E-state index is 0.0406. The van der Waals surface area contributed by atoms with Crippen molar-refractivity contribution in [3.8, 4) is 5.75 Å². The van der Waals surface area contributed by atoms with E-state index in [-0.39, 0.29) is 12.5 Å². The smallest absolute Gasteiger partial charge is 0.188 e. The molecule has 0 unspecified atom stereocenters. The molecule has 0 atom stereocenters. The Morgan fingerprint density at radius 1 is 1.46 bits per heavy atom. The Labute approximate surface area is 84.8 Å². The standard InChI is InChI=1S/C9H10BrFO2/c1-6-3-4-7(11)9(8(6)10)13-5-12-2/h3-4H,5H2,1-2H3. The molecule has 4 heteroatoms. The third-order valence-corrected chi connectivity index (χ3v) is 2.55. The van der Waals surface area contributed by atoms with E-state index in [9.17, 15) is 4.39 Å². The topological polar surface area (TPSA) is 18.5 Å². The van der Waals surface area contributed by atoms with Crippen LogP contribution in [0.3, 0.4) is 0 Å². The molecule has 1 aromatic carbocycles. The number of methoxy groups -OCH3 is 1. The summed E-state index contributed by atoms with van der Waals surface area (Å²) in [6.45, 7) is 1.90. The second kappa shape index (κ2) is 4.58. The zero-order chi connectivity index (χ0) is 9.84. The van der Waals surface area contributed by atoms with Crippen molar-refractivity contribution >= 4 is 15.9 Å². The Morgan fingerprint density at radius 2 is 2.15 bits per heavy atom. The van der Waals surface area contributed by atoms with Crippen LogP contribution in [0.2, 0.25) is 0 Å². The van der Waals surface area contributed by atoms with Crippen molar-refractivity contribution in [2.45, 2.75) is 6.92 Å². The van der Waals surface area contributed by atoms with E-state index in [0.29, 0.717) is 4.47 Å². The second-order valence-corrected chi connectivity index (χ2v) is 3.35. The van der Waals surface area contributed by atoms with Gasteiger partial charge in [0.25, 0.3) is 0 Å². The molecule has 0 aliphatic carbocycles. The summed E-state index contributed by atoms with van der Waals surface area (Å²) < 4.78 is 23.5. The first-order valence-electron chi connectivity index (χ1n) is 3.73. The molecule has 0 N–H and O–H groups in total. The molecule has 0 spiro atoms. The van der Waals surface area contributed by atoms with Gasteiger partial charge in [0.15, 0.2) is 18.4 Å². The van der Waals surface area contributed by atoms with Gasteiger partial charge in [-0.2, -0.15) is 0 Å². The average Bonchev–Trinajstić information content (AvgIpc) is 2.12. The van der Waals surface area contributed by atoms with Crippen molar-refractivity contribution in [1.29, 1.82) is 0 Å². The molecular formula is C9H10BrFO2. The molecular weight excluding hydrogens is 239 g/mol. The van der Waals surface area contributed by atoms with Gasteiger partial charge in [0.2, 0.25) is 0 Å². The maximum Gasteiger partial charge on any atom is 0.188 e. The van der Waals surface area contributed by atoms with Crippen molar-refractivity contribution in [1.82, 2.24) is 0 Å². The number of benzene rings is 1. The van der Waals surface area contributed by atoms with E-state index in [1.165, 1.54) is 13.2 Å². The highest BCUT2D eigenvalue weighted by molar-refractivity contribution is 9.10. The maximum absolute atomic E-state index is 13.1. The molecule has 0 saturated heterocycles. The number of halogens is 2. The minimum atomic E-state index is -0.394. The quantitative estimate of drug-likeness (QED) is 0.767. The van der Waals surface area contributed by atoms with Crippen LogP contribution in [-0.4, -0.2) is 13.9 Å². The highest BCUT2D eigenvalue weighted by atomic mass is 79.9. The van der Waals surface area contributed by atoms with Crippen LogP contribution in [0.5, 0.6) is 5.75 Å². The molecule has 1 rings (SSSR count). The summed E-state index contributed by atoms with van der Waals surface area (Å²) in [5, 5.41) is 0. The molecule has 0 aliphatic rings. The molecule has 0 heterocycles. The fourth-order valence-corrected chi connectivity index (χ4v) is 1.32. The first-order valence-corrected chi connectivity index (χ1v) is 4.52. The van der Waals surface area contributed by atoms with Crippen LogP contribution in [0, 0.1) is 12.7 Å². The van der Waals surface area contributed by atoms with E-state index in [4.69, 9.17) is 4.74 Å². The summed E-state index contributed by atoms with van der Waals surface area (Å²) in [4.78, 5) is 0. The van der Waals surface area contributed by atoms with Crippen molar-refractivity contribution in [3.63, 3.8) is 0 Å². The summed E-state index contributed by atoms with van der Waals surface area (Å²) in [7, 11) is 1.49. The monoisotopic (exact) mass is 248 g/mol. The van der Waals surface area contributed by atoms with E-state index in [2.05, 4.69) is 20.7 Å². The van der Waals surface area contributed by atoms with Gasteiger partial charge in [-0.05, 0) is 34.5 Å². The lowest BCUT2D eigenvalue weighted by atomic mass is 10.2. The zero-order valence-corrected chi connectivity index (χ0v) is 9.02.